The van der Waals surface area contributed by atoms with Crippen LogP contribution in [0.3, 0.4) is 0 Å². The average molecular weight is 561 g/mol. The molecule has 0 aliphatic carbocycles. The van der Waals surface area contributed by atoms with Gasteiger partial charge in [-0.05, 0) is 88.8 Å². The Hall–Kier alpha value is -3.50. The van der Waals surface area contributed by atoms with Crippen LogP contribution in [0.4, 0.5) is 10.1 Å². The van der Waals surface area contributed by atoms with E-state index in [1.165, 1.54) is 25.0 Å². The number of carbonyl (C=O) groups excluding carboxylic acids is 3. The number of hydrogen-bond acceptors (Lipinski definition) is 5. The number of rotatable bonds is 7. The second-order valence-corrected chi connectivity index (χ2v) is 9.75. The van der Waals surface area contributed by atoms with E-state index in [1.807, 2.05) is 31.7 Å². The van der Waals surface area contributed by atoms with Crippen molar-refractivity contribution >= 4 is 35.6 Å². The van der Waals surface area contributed by atoms with Crippen molar-refractivity contribution in [1.82, 2.24) is 15.2 Å². The van der Waals surface area contributed by atoms with Gasteiger partial charge < -0.3 is 30.7 Å². The lowest BCUT2D eigenvalue weighted by molar-refractivity contribution is -0.127. The summed E-state index contributed by atoms with van der Waals surface area (Å²) in [4.78, 5) is 37.0. The number of aryl methyl sites for hydroxylation is 2. The molecule has 1 aromatic heterocycles. The van der Waals surface area contributed by atoms with E-state index in [0.29, 0.717) is 36.1 Å². The summed E-state index contributed by atoms with van der Waals surface area (Å²) in [5.74, 6) is -0.324. The standard InChI is InChI=1S/C15H13FN2O.C6H11NO.C5H12O2.C4H9NO/c1-8-5-9(2)17-14(8)7-12-11-6-10(16)3-4-13(11)18-15(12)19;1-6(8)7-4-2-3-5-7;1-5(7)3-2-4-6;1-2-3-5-4-6/h3-7,17H,1-2H3,(H,18,19);2-5H2,1H3;5-7H,2-4H2,1H3;4H,2-3H2,1H3,(H,5,6)/b12-7-;;;. The maximum atomic E-state index is 13.3. The third-order valence-corrected chi connectivity index (χ3v) is 6.05. The quantitative estimate of drug-likeness (QED) is 0.197. The molecule has 1 saturated heterocycles. The van der Waals surface area contributed by atoms with E-state index >= 15 is 0 Å². The number of aromatic amines is 1. The van der Waals surface area contributed by atoms with Crippen LogP contribution in [0.1, 0.15) is 75.4 Å². The van der Waals surface area contributed by atoms with Crippen LogP contribution in [0.5, 0.6) is 0 Å². The van der Waals surface area contributed by atoms with Gasteiger partial charge in [-0.25, -0.2) is 4.39 Å². The lowest BCUT2D eigenvalue weighted by atomic mass is 10.1. The first-order valence-electron chi connectivity index (χ1n) is 13.7. The van der Waals surface area contributed by atoms with Crippen molar-refractivity contribution in [2.24, 2.45) is 0 Å². The number of aromatic nitrogens is 1. The van der Waals surface area contributed by atoms with Gasteiger partial charge in [0.25, 0.3) is 5.91 Å². The Kier molecular flexibility index (Phi) is 16.2. The monoisotopic (exact) mass is 560 g/mol. The molecule has 0 saturated carbocycles. The second-order valence-electron chi connectivity index (χ2n) is 9.75. The number of hydrogen-bond donors (Lipinski definition) is 5. The summed E-state index contributed by atoms with van der Waals surface area (Å²) in [6.45, 7) is 12.2. The number of carbonyl (C=O) groups is 3. The van der Waals surface area contributed by atoms with Gasteiger partial charge in [0.2, 0.25) is 12.3 Å². The molecule has 40 heavy (non-hydrogen) atoms. The highest BCUT2D eigenvalue weighted by Crippen LogP contribution is 2.33. The highest BCUT2D eigenvalue weighted by molar-refractivity contribution is 6.34. The summed E-state index contributed by atoms with van der Waals surface area (Å²) in [6.07, 6.45) is 7.03. The number of benzene rings is 1. The highest BCUT2D eigenvalue weighted by Gasteiger charge is 2.24. The zero-order valence-corrected chi connectivity index (χ0v) is 24.3. The largest absolute Gasteiger partial charge is 0.396 e. The molecule has 5 N–H and O–H groups in total. The normalized spacial score (nSPS) is 14.9. The molecule has 1 atom stereocenters. The molecule has 3 amide bonds. The summed E-state index contributed by atoms with van der Waals surface area (Å²) < 4.78 is 13.3. The topological polar surface area (TPSA) is 135 Å². The van der Waals surface area contributed by atoms with Gasteiger partial charge in [0.05, 0.1) is 11.7 Å². The second kappa shape index (κ2) is 18.7. The van der Waals surface area contributed by atoms with Crippen molar-refractivity contribution in [1.29, 1.82) is 0 Å². The van der Waals surface area contributed by atoms with Crippen molar-refractivity contribution < 1.29 is 29.0 Å². The van der Waals surface area contributed by atoms with Gasteiger partial charge >= 0.3 is 0 Å². The van der Waals surface area contributed by atoms with Crippen LogP contribution in [0.2, 0.25) is 0 Å². The van der Waals surface area contributed by atoms with Crippen molar-refractivity contribution in [2.45, 2.75) is 72.8 Å². The minimum atomic E-state index is -0.347. The molecule has 2 aliphatic rings. The first kappa shape index (κ1) is 34.5. The van der Waals surface area contributed by atoms with E-state index in [0.717, 1.165) is 43.0 Å². The van der Waals surface area contributed by atoms with Crippen LogP contribution >= 0.6 is 0 Å². The molecule has 9 nitrogen and oxygen atoms in total. The van der Waals surface area contributed by atoms with Crippen LogP contribution in [-0.4, -0.2) is 70.7 Å². The SMILES string of the molecule is CC(=O)N1CCCC1.CC(O)CCCO.CCCNC=O.Cc1cc(C)c(/C=C2\C(=O)Nc3ccc(F)cc32)[nH]1. The van der Waals surface area contributed by atoms with E-state index in [1.54, 1.807) is 26.0 Å². The number of nitrogens with zero attached hydrogens (tertiary/aromatic N) is 1. The van der Waals surface area contributed by atoms with Crippen LogP contribution in [0.25, 0.3) is 11.6 Å². The number of nitrogens with one attached hydrogen (secondary N) is 3. The lowest BCUT2D eigenvalue weighted by Crippen LogP contribution is -2.24. The van der Waals surface area contributed by atoms with Crippen LogP contribution < -0.4 is 10.6 Å². The number of aliphatic hydroxyl groups excluding tert-OH is 2. The van der Waals surface area contributed by atoms with Crippen molar-refractivity contribution in [3.8, 4) is 0 Å². The molecule has 0 spiro atoms. The number of aliphatic hydroxyl groups is 2. The molecule has 2 aromatic rings. The number of fused-ring (bicyclic) bond motifs is 1. The maximum Gasteiger partial charge on any atom is 0.256 e. The van der Waals surface area contributed by atoms with Crippen molar-refractivity contribution in [3.63, 3.8) is 0 Å². The average Bonchev–Trinajstić information content (AvgIpc) is 3.63. The van der Waals surface area contributed by atoms with E-state index in [4.69, 9.17) is 10.2 Å². The summed E-state index contributed by atoms with van der Waals surface area (Å²) in [5.41, 5.74) is 4.71. The molecule has 1 unspecified atom stereocenters. The van der Waals surface area contributed by atoms with Gasteiger partial charge in [0, 0.05) is 55.8 Å². The Morgan fingerprint density at radius 3 is 2.33 bits per heavy atom. The lowest BCUT2D eigenvalue weighted by Gasteiger charge is -2.10. The van der Waals surface area contributed by atoms with E-state index in [9.17, 15) is 18.8 Å². The van der Waals surface area contributed by atoms with Crippen LogP contribution in [0, 0.1) is 19.7 Å². The van der Waals surface area contributed by atoms with Gasteiger partial charge in [0.1, 0.15) is 5.82 Å². The minimum absolute atomic E-state index is 0.185. The van der Waals surface area contributed by atoms with Crippen molar-refractivity contribution in [3.05, 3.63) is 52.6 Å². The third kappa shape index (κ3) is 12.6. The molecular formula is C30H45FN4O5. The van der Waals surface area contributed by atoms with Gasteiger partial charge in [-0.1, -0.05) is 6.92 Å². The van der Waals surface area contributed by atoms with Crippen LogP contribution in [-0.2, 0) is 14.4 Å². The van der Waals surface area contributed by atoms with E-state index in [2.05, 4.69) is 15.6 Å². The zero-order chi connectivity index (χ0) is 30.1. The smallest absolute Gasteiger partial charge is 0.256 e. The van der Waals surface area contributed by atoms with Crippen molar-refractivity contribution in [2.75, 3.05) is 31.6 Å². The summed E-state index contributed by atoms with van der Waals surface area (Å²) in [5, 5.41) is 22.0. The third-order valence-electron chi connectivity index (χ3n) is 6.05. The zero-order valence-electron chi connectivity index (χ0n) is 24.3. The summed E-state index contributed by atoms with van der Waals surface area (Å²) >= 11 is 0. The predicted molar refractivity (Wildman–Crippen MR) is 157 cm³/mol. The first-order chi connectivity index (χ1) is 19.0. The molecule has 1 fully saturated rings. The summed E-state index contributed by atoms with van der Waals surface area (Å²) in [6, 6.07) is 6.30. The van der Waals surface area contributed by atoms with Gasteiger partial charge in [-0.15, -0.1) is 0 Å². The van der Waals surface area contributed by atoms with E-state index in [-0.39, 0.29) is 30.3 Å². The maximum absolute atomic E-state index is 13.3. The molecule has 0 bridgehead atoms. The fourth-order valence-electron chi connectivity index (χ4n) is 3.97. The molecule has 4 rings (SSSR count). The predicted octanol–water partition coefficient (Wildman–Crippen LogP) is 4.17. The summed E-state index contributed by atoms with van der Waals surface area (Å²) in [7, 11) is 0. The van der Waals surface area contributed by atoms with Gasteiger partial charge in [0.15, 0.2) is 0 Å². The number of H-pyrrole nitrogens is 1. The molecule has 3 heterocycles. The molecule has 222 valence electrons. The number of amides is 3. The number of likely N-dealkylation sites (tertiary alicyclic amines) is 1. The Morgan fingerprint density at radius 1 is 1.23 bits per heavy atom. The Labute approximate surface area is 236 Å². The number of halogens is 1. The minimum Gasteiger partial charge on any atom is -0.396 e. The Morgan fingerprint density at radius 2 is 1.90 bits per heavy atom. The van der Waals surface area contributed by atoms with Crippen LogP contribution in [0.15, 0.2) is 24.3 Å². The number of anilines is 1. The Balaban J connectivity index is 0.000000316. The molecule has 10 heteroatoms. The fourth-order valence-corrected chi connectivity index (χ4v) is 3.97. The van der Waals surface area contributed by atoms with Gasteiger partial charge in [-0.3, -0.25) is 14.4 Å². The first-order valence-corrected chi connectivity index (χ1v) is 13.7. The Bertz CT molecular complexity index is 1110. The highest BCUT2D eigenvalue weighted by atomic mass is 19.1. The van der Waals surface area contributed by atoms with E-state index < -0.39 is 0 Å². The molecule has 1 aromatic carbocycles. The van der Waals surface area contributed by atoms with Gasteiger partial charge in [-0.2, -0.15) is 0 Å². The fraction of sp³-hybridized carbons (Fsp3) is 0.500. The molecule has 0 radical (unpaired) electrons. The molecule has 2 aliphatic heterocycles. The molecular weight excluding hydrogens is 515 g/mol.